The smallest absolute Gasteiger partial charge is 0.312 e. The first kappa shape index (κ1) is 15.0. The summed E-state index contributed by atoms with van der Waals surface area (Å²) in [4.78, 5) is 16.8. The topological polar surface area (TPSA) is 86.0 Å². The Bertz CT molecular complexity index is 822. The van der Waals surface area contributed by atoms with E-state index in [9.17, 15) is 9.90 Å². The fourth-order valence-corrected chi connectivity index (χ4v) is 4.48. The molecule has 1 N–H and O–H groups in total. The number of aliphatic hydroxyl groups excluding tert-OH is 1. The fourth-order valence-electron chi connectivity index (χ4n) is 3.94. The molecule has 2 aromatic heterocycles. The van der Waals surface area contributed by atoms with Crippen LogP contribution in [0, 0.1) is 18.3 Å². The van der Waals surface area contributed by atoms with Gasteiger partial charge in [0.1, 0.15) is 11.5 Å². The number of ether oxygens (including phenoxy) is 2. The lowest BCUT2D eigenvalue weighted by molar-refractivity contribution is -0.177. The van der Waals surface area contributed by atoms with E-state index in [1.54, 1.807) is 4.52 Å². The maximum Gasteiger partial charge on any atom is 0.312 e. The minimum Gasteiger partial charge on any atom is -0.469 e. The van der Waals surface area contributed by atoms with E-state index in [1.807, 2.05) is 19.2 Å². The van der Waals surface area contributed by atoms with Crippen molar-refractivity contribution in [3.63, 3.8) is 0 Å². The molecule has 2 saturated heterocycles. The minimum atomic E-state index is -0.902. The van der Waals surface area contributed by atoms with Crippen LogP contribution >= 0.6 is 15.9 Å². The van der Waals surface area contributed by atoms with E-state index in [2.05, 4.69) is 26.0 Å². The van der Waals surface area contributed by atoms with Gasteiger partial charge >= 0.3 is 5.97 Å². The van der Waals surface area contributed by atoms with Crippen LogP contribution in [-0.4, -0.2) is 46.0 Å². The molecule has 3 aliphatic rings. The summed E-state index contributed by atoms with van der Waals surface area (Å²) in [5.41, 5.74) is 0.203. The zero-order valence-corrected chi connectivity index (χ0v) is 14.3. The van der Waals surface area contributed by atoms with E-state index in [-0.39, 0.29) is 12.6 Å². The van der Waals surface area contributed by atoms with Crippen molar-refractivity contribution in [1.82, 2.24) is 14.6 Å². The molecular weight excluding hydrogens is 366 g/mol. The number of pyridine rings is 1. The number of rotatable bonds is 3. The van der Waals surface area contributed by atoms with Gasteiger partial charge in [0, 0.05) is 16.1 Å². The second-order valence-corrected chi connectivity index (χ2v) is 7.29. The Hall–Kier alpha value is -1.51. The molecular formula is C15H16BrN3O4. The standard InChI is InChI=1S/C15H16BrN3O4/c1-8-3-9(16)4-19-11(8)17-13(18-19)15-5-14(6-20,7-23-15)10(15)12(21)22-2/h3-4,10,20H,5-7H2,1-2H3. The summed E-state index contributed by atoms with van der Waals surface area (Å²) in [5.74, 6) is -0.499. The number of aliphatic hydroxyl groups is 1. The van der Waals surface area contributed by atoms with Crippen LogP contribution < -0.4 is 0 Å². The van der Waals surface area contributed by atoms with E-state index in [0.717, 1.165) is 15.7 Å². The maximum absolute atomic E-state index is 12.3. The maximum atomic E-state index is 12.3. The van der Waals surface area contributed by atoms with Crippen LogP contribution in [-0.2, 0) is 19.9 Å². The van der Waals surface area contributed by atoms with E-state index in [1.165, 1.54) is 7.11 Å². The molecule has 2 bridgehead atoms. The minimum absolute atomic E-state index is 0.119. The Morgan fingerprint density at radius 1 is 1.65 bits per heavy atom. The van der Waals surface area contributed by atoms with Gasteiger partial charge < -0.3 is 14.6 Å². The molecule has 0 aromatic carbocycles. The number of fused-ring (bicyclic) bond motifs is 2. The molecule has 2 aromatic rings. The van der Waals surface area contributed by atoms with Crippen molar-refractivity contribution in [3.05, 3.63) is 28.1 Å². The van der Waals surface area contributed by atoms with Gasteiger partial charge in [-0.15, -0.1) is 5.10 Å². The highest BCUT2D eigenvalue weighted by atomic mass is 79.9. The molecule has 2 aliphatic heterocycles. The number of aryl methyl sites for hydroxylation is 1. The number of hydrogen-bond acceptors (Lipinski definition) is 6. The number of hydrogen-bond donors (Lipinski definition) is 1. The lowest BCUT2D eigenvalue weighted by atomic mass is 9.53. The van der Waals surface area contributed by atoms with Crippen LogP contribution in [0.15, 0.2) is 16.7 Å². The molecule has 3 unspecified atom stereocenters. The van der Waals surface area contributed by atoms with Gasteiger partial charge in [0.25, 0.3) is 0 Å². The quantitative estimate of drug-likeness (QED) is 0.803. The van der Waals surface area contributed by atoms with Crippen LogP contribution in [0.25, 0.3) is 5.65 Å². The molecule has 4 heterocycles. The predicted molar refractivity (Wildman–Crippen MR) is 82.7 cm³/mol. The molecule has 3 atom stereocenters. The molecule has 0 amide bonds. The average Bonchev–Trinajstić information content (AvgIpc) is 3.16. The fraction of sp³-hybridized carbons (Fsp3) is 0.533. The normalized spacial score (nSPS) is 32.1. The third-order valence-electron chi connectivity index (χ3n) is 5.02. The van der Waals surface area contributed by atoms with E-state index < -0.39 is 16.9 Å². The number of carbonyl (C=O) groups is 1. The first-order valence-electron chi connectivity index (χ1n) is 7.31. The molecule has 23 heavy (non-hydrogen) atoms. The number of methoxy groups -OCH3 is 1. The van der Waals surface area contributed by atoms with Gasteiger partial charge in [-0.2, -0.15) is 0 Å². The third-order valence-corrected chi connectivity index (χ3v) is 5.46. The van der Waals surface area contributed by atoms with Crippen LogP contribution in [0.4, 0.5) is 0 Å². The zero-order chi connectivity index (χ0) is 16.4. The first-order valence-corrected chi connectivity index (χ1v) is 8.11. The van der Waals surface area contributed by atoms with Gasteiger partial charge in [-0.05, 0) is 40.9 Å². The molecule has 8 heteroatoms. The lowest BCUT2D eigenvalue weighted by Gasteiger charge is -2.48. The first-order chi connectivity index (χ1) is 11.0. The Balaban J connectivity index is 1.84. The van der Waals surface area contributed by atoms with Gasteiger partial charge in [0.15, 0.2) is 11.5 Å². The summed E-state index contributed by atoms with van der Waals surface area (Å²) in [5, 5.41) is 14.2. The third kappa shape index (κ3) is 1.79. The van der Waals surface area contributed by atoms with Crippen molar-refractivity contribution in [2.45, 2.75) is 18.9 Å². The number of halogens is 1. The summed E-state index contributed by atoms with van der Waals surface area (Å²) < 4.78 is 13.4. The van der Waals surface area contributed by atoms with Gasteiger partial charge in [0.05, 0.1) is 20.3 Å². The van der Waals surface area contributed by atoms with Crippen LogP contribution in [0.1, 0.15) is 17.8 Å². The number of nitrogens with zero attached hydrogens (tertiary/aromatic N) is 3. The monoisotopic (exact) mass is 381 g/mol. The van der Waals surface area contributed by atoms with Gasteiger partial charge in [-0.25, -0.2) is 9.50 Å². The molecule has 0 radical (unpaired) electrons. The van der Waals surface area contributed by atoms with Crippen molar-refractivity contribution in [2.24, 2.45) is 11.3 Å². The molecule has 1 aliphatic carbocycles. The second kappa shape index (κ2) is 4.75. The average molecular weight is 382 g/mol. The van der Waals surface area contributed by atoms with Crippen molar-refractivity contribution in [3.8, 4) is 0 Å². The lowest BCUT2D eigenvalue weighted by Crippen LogP contribution is -2.58. The SMILES string of the molecule is COC(=O)C1C2(CO)COC1(c1nc3c(C)cc(Br)cn3n1)C2. The van der Waals surface area contributed by atoms with Crippen molar-refractivity contribution >= 4 is 27.5 Å². The van der Waals surface area contributed by atoms with Gasteiger partial charge in [-0.1, -0.05) is 0 Å². The molecule has 7 nitrogen and oxygen atoms in total. The van der Waals surface area contributed by atoms with Gasteiger partial charge in [-0.3, -0.25) is 4.79 Å². The van der Waals surface area contributed by atoms with Crippen molar-refractivity contribution in [1.29, 1.82) is 0 Å². The predicted octanol–water partition coefficient (Wildman–Crippen LogP) is 1.20. The highest BCUT2D eigenvalue weighted by Crippen LogP contribution is 2.66. The van der Waals surface area contributed by atoms with Crippen LogP contribution in [0.2, 0.25) is 0 Å². The summed E-state index contributed by atoms with van der Waals surface area (Å²) >= 11 is 3.44. The zero-order valence-electron chi connectivity index (χ0n) is 12.7. The summed E-state index contributed by atoms with van der Waals surface area (Å²) in [6, 6.07) is 1.96. The summed E-state index contributed by atoms with van der Waals surface area (Å²) in [6.45, 7) is 2.14. The Morgan fingerprint density at radius 2 is 2.43 bits per heavy atom. The Labute approximate surface area is 140 Å². The van der Waals surface area contributed by atoms with Crippen LogP contribution in [0.5, 0.6) is 0 Å². The molecule has 5 rings (SSSR count). The van der Waals surface area contributed by atoms with Crippen LogP contribution in [0.3, 0.4) is 0 Å². The largest absolute Gasteiger partial charge is 0.469 e. The molecule has 1 saturated carbocycles. The van der Waals surface area contributed by atoms with E-state index in [0.29, 0.717) is 18.9 Å². The highest BCUT2D eigenvalue weighted by Gasteiger charge is 2.75. The number of esters is 1. The molecule has 3 fully saturated rings. The Morgan fingerprint density at radius 3 is 3.13 bits per heavy atom. The second-order valence-electron chi connectivity index (χ2n) is 6.38. The number of aromatic nitrogens is 3. The summed E-state index contributed by atoms with van der Waals surface area (Å²) in [6.07, 6.45) is 2.34. The van der Waals surface area contributed by atoms with Gasteiger partial charge in [0.2, 0.25) is 0 Å². The summed E-state index contributed by atoms with van der Waals surface area (Å²) in [7, 11) is 1.34. The molecule has 0 spiro atoms. The Kier molecular flexibility index (Phi) is 3.11. The molecule has 122 valence electrons. The van der Waals surface area contributed by atoms with Crippen molar-refractivity contribution < 1.29 is 19.4 Å². The number of carbonyl (C=O) groups excluding carboxylic acids is 1. The van der Waals surface area contributed by atoms with E-state index >= 15 is 0 Å². The van der Waals surface area contributed by atoms with E-state index in [4.69, 9.17) is 9.47 Å². The highest BCUT2D eigenvalue weighted by molar-refractivity contribution is 9.10. The van der Waals surface area contributed by atoms with Crippen molar-refractivity contribution in [2.75, 3.05) is 20.3 Å².